The zero-order chi connectivity index (χ0) is 20.1. The Balaban J connectivity index is 2.77. The lowest BCUT2D eigenvalue weighted by atomic mass is 10.0. The highest BCUT2D eigenvalue weighted by Gasteiger charge is 2.27. The number of nitrogen functional groups attached to an aromatic ring is 1. The standard InChI is InChI=1S/C17H26N4O5/c1-16(2,3)26-15(24)21-17(4,5)7-12(22)20-11-9-19-8-10(13(11)18)14(23)25-6/h8-9H,7H2,1-6H3,(H2,18,19)(H,20,22)(H,21,24). The first-order chi connectivity index (χ1) is 11.8. The second kappa shape index (κ2) is 8.03. The van der Waals surface area contributed by atoms with Gasteiger partial charge >= 0.3 is 12.1 Å². The van der Waals surface area contributed by atoms with Crippen molar-refractivity contribution in [1.29, 1.82) is 0 Å². The van der Waals surface area contributed by atoms with Crippen molar-refractivity contribution in [1.82, 2.24) is 10.3 Å². The lowest BCUT2D eigenvalue weighted by molar-refractivity contribution is -0.117. The smallest absolute Gasteiger partial charge is 0.408 e. The minimum absolute atomic E-state index is 0.0475. The number of nitrogens with two attached hydrogens (primary N) is 1. The second-order valence-corrected chi connectivity index (χ2v) is 7.38. The monoisotopic (exact) mass is 366 g/mol. The number of hydrogen-bond acceptors (Lipinski definition) is 7. The fourth-order valence-electron chi connectivity index (χ4n) is 2.06. The maximum absolute atomic E-state index is 12.3. The number of pyridine rings is 1. The molecule has 0 aliphatic carbocycles. The van der Waals surface area contributed by atoms with Gasteiger partial charge in [-0.1, -0.05) is 0 Å². The molecule has 0 bridgehead atoms. The van der Waals surface area contributed by atoms with Crippen molar-refractivity contribution in [2.24, 2.45) is 0 Å². The molecule has 9 nitrogen and oxygen atoms in total. The topological polar surface area (TPSA) is 133 Å². The number of hydrogen-bond donors (Lipinski definition) is 3. The Kier molecular flexibility index (Phi) is 6.55. The van der Waals surface area contributed by atoms with E-state index in [1.54, 1.807) is 34.6 Å². The summed E-state index contributed by atoms with van der Waals surface area (Å²) in [4.78, 5) is 39.7. The first-order valence-corrected chi connectivity index (χ1v) is 7.97. The molecular weight excluding hydrogens is 340 g/mol. The minimum atomic E-state index is -0.867. The predicted octanol–water partition coefficient (Wildman–Crippen LogP) is 2.08. The fraction of sp³-hybridized carbons (Fsp3) is 0.529. The summed E-state index contributed by atoms with van der Waals surface area (Å²) in [7, 11) is 1.22. The Hall–Kier alpha value is -2.84. The zero-order valence-corrected chi connectivity index (χ0v) is 15.9. The van der Waals surface area contributed by atoms with Gasteiger partial charge in [0.15, 0.2) is 0 Å². The summed E-state index contributed by atoms with van der Waals surface area (Å²) in [6, 6.07) is 0. The van der Waals surface area contributed by atoms with E-state index in [0.717, 1.165) is 0 Å². The molecule has 0 atom stereocenters. The molecular formula is C17H26N4O5. The van der Waals surface area contributed by atoms with Gasteiger partial charge in [-0.15, -0.1) is 0 Å². The predicted molar refractivity (Wildman–Crippen MR) is 96.7 cm³/mol. The average Bonchev–Trinajstić information content (AvgIpc) is 2.45. The van der Waals surface area contributed by atoms with Gasteiger partial charge in [0.05, 0.1) is 24.7 Å². The zero-order valence-electron chi connectivity index (χ0n) is 15.9. The third-order valence-corrected chi connectivity index (χ3v) is 3.11. The van der Waals surface area contributed by atoms with Gasteiger partial charge in [-0.2, -0.15) is 0 Å². The average molecular weight is 366 g/mol. The van der Waals surface area contributed by atoms with Crippen LogP contribution in [0.3, 0.4) is 0 Å². The molecule has 1 rings (SSSR count). The van der Waals surface area contributed by atoms with Crippen molar-refractivity contribution < 1.29 is 23.9 Å². The highest BCUT2D eigenvalue weighted by Crippen LogP contribution is 2.23. The van der Waals surface area contributed by atoms with Gasteiger partial charge in [0.1, 0.15) is 11.2 Å². The van der Waals surface area contributed by atoms with Crippen molar-refractivity contribution in [3.05, 3.63) is 18.0 Å². The first-order valence-electron chi connectivity index (χ1n) is 7.97. The van der Waals surface area contributed by atoms with Crippen LogP contribution in [0, 0.1) is 0 Å². The fourth-order valence-corrected chi connectivity index (χ4v) is 2.06. The van der Waals surface area contributed by atoms with Crippen LogP contribution in [0.15, 0.2) is 12.4 Å². The van der Waals surface area contributed by atoms with Gasteiger partial charge in [-0.25, -0.2) is 9.59 Å². The molecule has 4 N–H and O–H groups in total. The Morgan fingerprint density at radius 1 is 1.15 bits per heavy atom. The highest BCUT2D eigenvalue weighted by molar-refractivity contribution is 6.01. The molecule has 0 aliphatic rings. The van der Waals surface area contributed by atoms with E-state index in [4.69, 9.17) is 10.5 Å². The van der Waals surface area contributed by atoms with E-state index in [1.165, 1.54) is 19.5 Å². The van der Waals surface area contributed by atoms with Gasteiger partial charge in [-0.3, -0.25) is 9.78 Å². The molecule has 1 aromatic rings. The maximum Gasteiger partial charge on any atom is 0.408 e. The summed E-state index contributed by atoms with van der Waals surface area (Å²) in [5, 5.41) is 5.22. The van der Waals surface area contributed by atoms with Crippen LogP contribution in [0.4, 0.5) is 16.2 Å². The third kappa shape index (κ3) is 6.58. The number of anilines is 2. The molecule has 0 aromatic carbocycles. The minimum Gasteiger partial charge on any atom is -0.465 e. The van der Waals surface area contributed by atoms with Crippen LogP contribution in [-0.4, -0.2) is 41.2 Å². The number of rotatable bonds is 5. The van der Waals surface area contributed by atoms with E-state index >= 15 is 0 Å². The summed E-state index contributed by atoms with van der Waals surface area (Å²) in [6.07, 6.45) is 1.91. The van der Waals surface area contributed by atoms with E-state index in [9.17, 15) is 14.4 Å². The Morgan fingerprint density at radius 2 is 1.77 bits per heavy atom. The SMILES string of the molecule is COC(=O)c1cncc(NC(=O)CC(C)(C)NC(=O)OC(C)(C)C)c1N. The number of esters is 1. The Bertz CT molecular complexity index is 695. The summed E-state index contributed by atoms with van der Waals surface area (Å²) in [6.45, 7) is 8.61. The van der Waals surface area contributed by atoms with Crippen molar-refractivity contribution in [2.75, 3.05) is 18.2 Å². The van der Waals surface area contributed by atoms with E-state index in [0.29, 0.717) is 0 Å². The van der Waals surface area contributed by atoms with Crippen LogP contribution in [-0.2, 0) is 14.3 Å². The number of carbonyl (C=O) groups excluding carboxylic acids is 3. The van der Waals surface area contributed by atoms with Crippen LogP contribution < -0.4 is 16.4 Å². The number of ether oxygens (including phenoxy) is 2. The molecule has 2 amide bonds. The van der Waals surface area contributed by atoms with E-state index in [2.05, 4.69) is 20.4 Å². The van der Waals surface area contributed by atoms with Crippen LogP contribution >= 0.6 is 0 Å². The van der Waals surface area contributed by atoms with Gasteiger partial charge < -0.3 is 25.8 Å². The van der Waals surface area contributed by atoms with Gasteiger partial charge in [0.2, 0.25) is 5.91 Å². The van der Waals surface area contributed by atoms with Crippen LogP contribution in [0.1, 0.15) is 51.4 Å². The van der Waals surface area contributed by atoms with E-state index in [-0.39, 0.29) is 23.4 Å². The first kappa shape index (κ1) is 21.2. The number of aromatic nitrogens is 1. The molecule has 0 fully saturated rings. The molecule has 0 unspecified atom stereocenters. The lowest BCUT2D eigenvalue weighted by Crippen LogP contribution is -2.47. The number of nitrogens with one attached hydrogen (secondary N) is 2. The van der Waals surface area contributed by atoms with Crippen molar-refractivity contribution in [3.63, 3.8) is 0 Å². The summed E-state index contributed by atoms with van der Waals surface area (Å²) >= 11 is 0. The molecule has 26 heavy (non-hydrogen) atoms. The molecule has 0 saturated carbocycles. The van der Waals surface area contributed by atoms with Crippen molar-refractivity contribution >= 4 is 29.3 Å². The summed E-state index contributed by atoms with van der Waals surface area (Å²) < 4.78 is 9.79. The quantitative estimate of drug-likeness (QED) is 0.679. The normalized spacial score (nSPS) is 11.5. The number of methoxy groups -OCH3 is 1. The lowest BCUT2D eigenvalue weighted by Gasteiger charge is -2.28. The Labute approximate surface area is 152 Å². The molecule has 1 heterocycles. The van der Waals surface area contributed by atoms with Gasteiger partial charge in [0.25, 0.3) is 0 Å². The third-order valence-electron chi connectivity index (χ3n) is 3.11. The number of carbonyl (C=O) groups is 3. The van der Waals surface area contributed by atoms with Crippen LogP contribution in [0.2, 0.25) is 0 Å². The Morgan fingerprint density at radius 3 is 2.31 bits per heavy atom. The molecule has 1 aromatic heterocycles. The number of amides is 2. The van der Waals surface area contributed by atoms with E-state index < -0.39 is 29.1 Å². The van der Waals surface area contributed by atoms with Crippen LogP contribution in [0.5, 0.6) is 0 Å². The molecule has 144 valence electrons. The number of alkyl carbamates (subject to hydrolysis) is 1. The van der Waals surface area contributed by atoms with Gasteiger partial charge in [-0.05, 0) is 34.6 Å². The van der Waals surface area contributed by atoms with Crippen molar-refractivity contribution in [3.8, 4) is 0 Å². The summed E-state index contributed by atoms with van der Waals surface area (Å²) in [5.41, 5.74) is 4.66. The molecule has 0 spiro atoms. The van der Waals surface area contributed by atoms with Crippen molar-refractivity contribution in [2.45, 2.75) is 52.2 Å². The molecule has 0 aliphatic heterocycles. The highest BCUT2D eigenvalue weighted by atomic mass is 16.6. The van der Waals surface area contributed by atoms with Gasteiger partial charge in [0, 0.05) is 18.2 Å². The molecule has 0 radical (unpaired) electrons. The van der Waals surface area contributed by atoms with E-state index in [1.807, 2.05) is 0 Å². The largest absolute Gasteiger partial charge is 0.465 e. The molecule has 0 saturated heterocycles. The summed E-state index contributed by atoms with van der Waals surface area (Å²) in [5.74, 6) is -1.07. The molecule has 9 heteroatoms. The maximum atomic E-state index is 12.3. The number of nitrogens with zero attached hydrogens (tertiary/aromatic N) is 1. The second-order valence-electron chi connectivity index (χ2n) is 7.38. The van der Waals surface area contributed by atoms with Crippen LogP contribution in [0.25, 0.3) is 0 Å².